The second-order valence-corrected chi connectivity index (χ2v) is 5.51. The SMILES string of the molecule is O=C(NC(=S)Nc1ccc(Oc2ncccc2[N+](=O)[O-])cc1)c1ccco1. The third-order valence-electron chi connectivity index (χ3n) is 3.25. The van der Waals surface area contributed by atoms with Gasteiger partial charge in [-0.2, -0.15) is 0 Å². The van der Waals surface area contributed by atoms with Crippen LogP contribution in [0, 0.1) is 10.1 Å². The average Bonchev–Trinajstić information content (AvgIpc) is 3.18. The Bertz CT molecular complexity index is 973. The maximum Gasteiger partial charge on any atom is 0.331 e. The number of aromatic nitrogens is 1. The number of amides is 1. The van der Waals surface area contributed by atoms with E-state index in [-0.39, 0.29) is 22.4 Å². The Morgan fingerprint density at radius 2 is 1.96 bits per heavy atom. The summed E-state index contributed by atoms with van der Waals surface area (Å²) in [7, 11) is 0. The van der Waals surface area contributed by atoms with Crippen LogP contribution in [0.4, 0.5) is 11.4 Å². The first-order chi connectivity index (χ1) is 13.0. The molecule has 0 aliphatic rings. The van der Waals surface area contributed by atoms with Crippen LogP contribution in [0.25, 0.3) is 0 Å². The average molecular weight is 384 g/mol. The summed E-state index contributed by atoms with van der Waals surface area (Å²) in [5, 5.41) is 16.4. The summed E-state index contributed by atoms with van der Waals surface area (Å²) in [6.07, 6.45) is 2.79. The molecule has 1 aromatic carbocycles. The van der Waals surface area contributed by atoms with Crippen molar-refractivity contribution in [2.24, 2.45) is 0 Å². The van der Waals surface area contributed by atoms with E-state index in [4.69, 9.17) is 21.4 Å². The van der Waals surface area contributed by atoms with E-state index < -0.39 is 10.8 Å². The summed E-state index contributed by atoms with van der Waals surface area (Å²) in [5.41, 5.74) is 0.351. The summed E-state index contributed by atoms with van der Waals surface area (Å²) in [5.74, 6) is -0.0860. The monoisotopic (exact) mass is 384 g/mol. The van der Waals surface area contributed by atoms with Crippen LogP contribution in [-0.2, 0) is 0 Å². The molecule has 9 nitrogen and oxygen atoms in total. The van der Waals surface area contributed by atoms with Crippen LogP contribution in [-0.4, -0.2) is 20.9 Å². The van der Waals surface area contributed by atoms with Gasteiger partial charge >= 0.3 is 5.69 Å². The number of furan rings is 1. The number of carbonyl (C=O) groups excluding carboxylic acids is 1. The molecule has 0 saturated heterocycles. The van der Waals surface area contributed by atoms with Crippen LogP contribution in [0.5, 0.6) is 11.6 Å². The third-order valence-corrected chi connectivity index (χ3v) is 3.45. The topological polar surface area (TPSA) is 120 Å². The van der Waals surface area contributed by atoms with Gasteiger partial charge in [-0.05, 0) is 54.7 Å². The first kappa shape index (κ1) is 18.0. The minimum atomic E-state index is -0.571. The summed E-state index contributed by atoms with van der Waals surface area (Å²) >= 11 is 5.07. The molecular formula is C17H12N4O5S. The molecule has 2 N–H and O–H groups in total. The molecule has 0 bridgehead atoms. The Hall–Kier alpha value is -3.79. The van der Waals surface area contributed by atoms with E-state index in [1.165, 1.54) is 30.7 Å². The number of nitro groups is 1. The van der Waals surface area contributed by atoms with Gasteiger partial charge in [0, 0.05) is 18.0 Å². The highest BCUT2D eigenvalue weighted by Gasteiger charge is 2.16. The predicted molar refractivity (Wildman–Crippen MR) is 99.8 cm³/mol. The number of hydrogen-bond acceptors (Lipinski definition) is 7. The van der Waals surface area contributed by atoms with Crippen LogP contribution in [0.15, 0.2) is 65.4 Å². The molecule has 2 aromatic heterocycles. The zero-order valence-electron chi connectivity index (χ0n) is 13.6. The molecule has 136 valence electrons. The van der Waals surface area contributed by atoms with Gasteiger partial charge in [0.05, 0.1) is 11.2 Å². The van der Waals surface area contributed by atoms with Gasteiger partial charge in [-0.15, -0.1) is 0 Å². The number of thiocarbonyl (C=S) groups is 1. The van der Waals surface area contributed by atoms with Gasteiger partial charge in [0.25, 0.3) is 11.8 Å². The highest BCUT2D eigenvalue weighted by molar-refractivity contribution is 7.80. The third kappa shape index (κ3) is 4.64. The lowest BCUT2D eigenvalue weighted by Gasteiger charge is -2.09. The molecule has 3 rings (SSSR count). The number of anilines is 1. The molecule has 0 spiro atoms. The first-order valence-electron chi connectivity index (χ1n) is 7.56. The van der Waals surface area contributed by atoms with Crippen molar-refractivity contribution < 1.29 is 18.9 Å². The fraction of sp³-hybridized carbons (Fsp3) is 0. The summed E-state index contributed by atoms with van der Waals surface area (Å²) in [4.78, 5) is 26.1. The van der Waals surface area contributed by atoms with Gasteiger partial charge < -0.3 is 14.5 Å². The molecule has 0 saturated carbocycles. The van der Waals surface area contributed by atoms with E-state index in [1.54, 1.807) is 30.3 Å². The number of nitrogens with one attached hydrogen (secondary N) is 2. The minimum absolute atomic E-state index is 0.0884. The van der Waals surface area contributed by atoms with Crippen LogP contribution in [0.3, 0.4) is 0 Å². The van der Waals surface area contributed by atoms with Crippen molar-refractivity contribution in [2.75, 3.05) is 5.32 Å². The Kier molecular flexibility index (Phi) is 5.38. The Balaban J connectivity index is 1.61. The van der Waals surface area contributed by atoms with Crippen molar-refractivity contribution in [1.29, 1.82) is 0 Å². The molecule has 0 atom stereocenters. The Morgan fingerprint density at radius 1 is 1.19 bits per heavy atom. The smallest absolute Gasteiger partial charge is 0.331 e. The van der Waals surface area contributed by atoms with Crippen LogP contribution < -0.4 is 15.4 Å². The number of benzene rings is 1. The molecule has 1 amide bonds. The molecule has 27 heavy (non-hydrogen) atoms. The molecule has 0 unspecified atom stereocenters. The summed E-state index contributed by atoms with van der Waals surface area (Å²) in [6, 6.07) is 12.3. The lowest BCUT2D eigenvalue weighted by molar-refractivity contribution is -0.386. The number of nitrogens with zero attached hydrogens (tertiary/aromatic N) is 2. The van der Waals surface area contributed by atoms with Gasteiger partial charge in [-0.25, -0.2) is 4.98 Å². The lowest BCUT2D eigenvalue weighted by Crippen LogP contribution is -2.33. The Morgan fingerprint density at radius 3 is 2.63 bits per heavy atom. The highest BCUT2D eigenvalue weighted by Crippen LogP contribution is 2.28. The molecule has 0 radical (unpaired) electrons. The fourth-order valence-electron chi connectivity index (χ4n) is 2.05. The molecule has 10 heteroatoms. The maximum absolute atomic E-state index is 11.8. The second-order valence-electron chi connectivity index (χ2n) is 5.10. The van der Waals surface area contributed by atoms with E-state index in [2.05, 4.69) is 15.6 Å². The predicted octanol–water partition coefficient (Wildman–Crippen LogP) is 3.50. The standard InChI is InChI=1S/C17H12N4O5S/c22-15(14-4-2-10-25-14)20-17(27)19-11-5-7-12(8-6-11)26-16-13(21(23)24)3-1-9-18-16/h1-10H,(H2,19,20,22,27). The number of ether oxygens (including phenoxy) is 1. The van der Waals surface area contributed by atoms with Gasteiger partial charge in [0.1, 0.15) is 5.75 Å². The number of rotatable bonds is 5. The van der Waals surface area contributed by atoms with Crippen LogP contribution in [0.1, 0.15) is 10.6 Å². The largest absolute Gasteiger partial charge is 0.459 e. The molecular weight excluding hydrogens is 372 g/mol. The first-order valence-corrected chi connectivity index (χ1v) is 7.97. The fourth-order valence-corrected chi connectivity index (χ4v) is 2.26. The molecule has 3 aromatic rings. The van der Waals surface area contributed by atoms with Crippen molar-refractivity contribution in [3.63, 3.8) is 0 Å². The number of carbonyl (C=O) groups is 1. The van der Waals surface area contributed by atoms with E-state index in [1.807, 2.05) is 0 Å². The van der Waals surface area contributed by atoms with Gasteiger partial charge in [-0.3, -0.25) is 20.2 Å². The summed E-state index contributed by atoms with van der Waals surface area (Å²) in [6.45, 7) is 0. The number of hydrogen-bond donors (Lipinski definition) is 2. The molecule has 0 aliphatic carbocycles. The minimum Gasteiger partial charge on any atom is -0.459 e. The van der Waals surface area contributed by atoms with Crippen LogP contribution in [0.2, 0.25) is 0 Å². The molecule has 0 aliphatic heterocycles. The zero-order valence-corrected chi connectivity index (χ0v) is 14.4. The van der Waals surface area contributed by atoms with Gasteiger partial charge in [-0.1, -0.05) is 0 Å². The van der Waals surface area contributed by atoms with Crippen molar-refractivity contribution >= 4 is 34.6 Å². The highest BCUT2D eigenvalue weighted by atomic mass is 32.1. The van der Waals surface area contributed by atoms with Crippen LogP contribution >= 0.6 is 12.2 Å². The summed E-state index contributed by atoms with van der Waals surface area (Å²) < 4.78 is 10.4. The molecule has 0 fully saturated rings. The quantitative estimate of drug-likeness (QED) is 0.390. The van der Waals surface area contributed by atoms with Crippen molar-refractivity contribution in [3.8, 4) is 11.6 Å². The van der Waals surface area contributed by atoms with Crippen molar-refractivity contribution in [1.82, 2.24) is 10.3 Å². The van der Waals surface area contributed by atoms with E-state index in [0.717, 1.165) is 0 Å². The number of pyridine rings is 1. The van der Waals surface area contributed by atoms with Crippen molar-refractivity contribution in [2.45, 2.75) is 0 Å². The van der Waals surface area contributed by atoms with Gasteiger partial charge in [0.2, 0.25) is 0 Å². The van der Waals surface area contributed by atoms with E-state index in [9.17, 15) is 14.9 Å². The zero-order chi connectivity index (χ0) is 19.2. The van der Waals surface area contributed by atoms with Gasteiger partial charge in [0.15, 0.2) is 10.9 Å². The second kappa shape index (κ2) is 8.06. The maximum atomic E-state index is 11.8. The lowest BCUT2D eigenvalue weighted by atomic mass is 10.3. The van der Waals surface area contributed by atoms with E-state index >= 15 is 0 Å². The normalized spacial score (nSPS) is 10.1. The Labute approximate surface area is 158 Å². The van der Waals surface area contributed by atoms with E-state index in [0.29, 0.717) is 11.4 Å². The van der Waals surface area contributed by atoms with Crippen molar-refractivity contribution in [3.05, 3.63) is 76.9 Å². The molecule has 2 heterocycles.